The van der Waals surface area contributed by atoms with Gasteiger partial charge in [0.15, 0.2) is 0 Å². The van der Waals surface area contributed by atoms with E-state index in [2.05, 4.69) is 22.1 Å². The van der Waals surface area contributed by atoms with Crippen molar-refractivity contribution in [3.8, 4) is 17.6 Å². The Balaban J connectivity index is 2.39. The van der Waals surface area contributed by atoms with Gasteiger partial charge >= 0.3 is 0 Å². The molecular formula is C15H22N2O. The lowest BCUT2D eigenvalue weighted by Crippen LogP contribution is -2.19. The third-order valence-corrected chi connectivity index (χ3v) is 2.39. The Bertz CT molecular complexity index is 387. The maximum absolute atomic E-state index is 5.61. The van der Waals surface area contributed by atoms with Crippen LogP contribution in [-0.2, 0) is 0 Å². The van der Waals surface area contributed by atoms with Crippen LogP contribution in [0, 0.1) is 11.8 Å². The monoisotopic (exact) mass is 246 g/mol. The van der Waals surface area contributed by atoms with E-state index >= 15 is 0 Å². The smallest absolute Gasteiger partial charge is 0.119 e. The minimum absolute atomic E-state index is 0.709. The minimum Gasteiger partial charge on any atom is -0.492 e. The van der Waals surface area contributed by atoms with E-state index in [9.17, 15) is 0 Å². The summed E-state index contributed by atoms with van der Waals surface area (Å²) in [6.07, 6.45) is 0.873. The van der Waals surface area contributed by atoms with Gasteiger partial charge in [-0.05, 0) is 45.4 Å². The quantitative estimate of drug-likeness (QED) is 0.609. The van der Waals surface area contributed by atoms with Crippen molar-refractivity contribution in [2.75, 3.05) is 40.8 Å². The number of rotatable bonds is 6. The minimum atomic E-state index is 0.709. The molecule has 0 heterocycles. The van der Waals surface area contributed by atoms with Crippen molar-refractivity contribution in [2.45, 2.75) is 6.42 Å². The highest BCUT2D eigenvalue weighted by Crippen LogP contribution is 2.11. The fraction of sp³-hybridized carbons (Fsp3) is 0.467. The van der Waals surface area contributed by atoms with Crippen molar-refractivity contribution in [1.82, 2.24) is 10.2 Å². The van der Waals surface area contributed by atoms with E-state index in [0.717, 1.165) is 30.8 Å². The molecule has 0 aromatic heterocycles. The Morgan fingerprint density at radius 3 is 2.56 bits per heavy atom. The Hall–Kier alpha value is -1.50. The molecule has 1 N–H and O–H groups in total. The molecule has 0 amide bonds. The zero-order valence-electron chi connectivity index (χ0n) is 11.5. The van der Waals surface area contributed by atoms with E-state index in [0.29, 0.717) is 6.61 Å². The summed E-state index contributed by atoms with van der Waals surface area (Å²) in [6.45, 7) is 2.56. The highest BCUT2D eigenvalue weighted by molar-refractivity contribution is 5.38. The predicted octanol–water partition coefficient (Wildman–Crippen LogP) is 1.59. The summed E-state index contributed by atoms with van der Waals surface area (Å²) in [6, 6.07) is 7.93. The predicted molar refractivity (Wildman–Crippen MR) is 75.9 cm³/mol. The molecule has 18 heavy (non-hydrogen) atoms. The van der Waals surface area contributed by atoms with Gasteiger partial charge in [-0.15, -0.1) is 0 Å². The molecule has 0 radical (unpaired) electrons. The number of nitrogens with one attached hydrogen (secondary N) is 1. The average Bonchev–Trinajstić information content (AvgIpc) is 2.36. The Kier molecular flexibility index (Phi) is 6.93. The molecular weight excluding hydrogens is 224 g/mol. The van der Waals surface area contributed by atoms with Gasteiger partial charge in [0.2, 0.25) is 0 Å². The first-order valence-electron chi connectivity index (χ1n) is 6.23. The first-order valence-corrected chi connectivity index (χ1v) is 6.23. The van der Waals surface area contributed by atoms with Crippen LogP contribution in [0.3, 0.4) is 0 Å². The second kappa shape index (κ2) is 8.57. The number of hydrogen-bond acceptors (Lipinski definition) is 3. The molecule has 0 saturated carbocycles. The number of hydrogen-bond donors (Lipinski definition) is 1. The van der Waals surface area contributed by atoms with Crippen molar-refractivity contribution in [1.29, 1.82) is 0 Å². The van der Waals surface area contributed by atoms with Gasteiger partial charge in [0.25, 0.3) is 0 Å². The van der Waals surface area contributed by atoms with Gasteiger partial charge < -0.3 is 15.0 Å². The Morgan fingerprint density at radius 2 is 1.94 bits per heavy atom. The standard InChI is InChI=1S/C15H22N2O/c1-16-11-5-4-6-14-7-9-15(10-8-14)18-13-12-17(2)3/h7-10,16H,5,11-13H2,1-3H3. The number of benzene rings is 1. The summed E-state index contributed by atoms with van der Waals surface area (Å²) in [5, 5.41) is 3.07. The summed E-state index contributed by atoms with van der Waals surface area (Å²) in [5.74, 6) is 7.15. The zero-order valence-corrected chi connectivity index (χ0v) is 11.5. The van der Waals surface area contributed by atoms with Crippen molar-refractivity contribution in [2.24, 2.45) is 0 Å². The third-order valence-electron chi connectivity index (χ3n) is 2.39. The van der Waals surface area contributed by atoms with Crippen LogP contribution in [0.2, 0.25) is 0 Å². The largest absolute Gasteiger partial charge is 0.492 e. The lowest BCUT2D eigenvalue weighted by Gasteiger charge is -2.10. The van der Waals surface area contributed by atoms with Crippen LogP contribution in [-0.4, -0.2) is 45.7 Å². The summed E-state index contributed by atoms with van der Waals surface area (Å²) >= 11 is 0. The molecule has 0 saturated heterocycles. The summed E-state index contributed by atoms with van der Waals surface area (Å²) in [5.41, 5.74) is 1.03. The fourth-order valence-corrected chi connectivity index (χ4v) is 1.33. The number of nitrogens with zero attached hydrogens (tertiary/aromatic N) is 1. The van der Waals surface area contributed by atoms with E-state index in [4.69, 9.17) is 4.74 Å². The highest BCUT2D eigenvalue weighted by Gasteiger charge is 1.94. The molecule has 3 nitrogen and oxygen atoms in total. The van der Waals surface area contributed by atoms with Gasteiger partial charge in [-0.1, -0.05) is 11.8 Å². The molecule has 0 unspecified atom stereocenters. The van der Waals surface area contributed by atoms with Gasteiger partial charge in [0.1, 0.15) is 12.4 Å². The van der Waals surface area contributed by atoms with E-state index in [1.807, 2.05) is 45.4 Å². The maximum Gasteiger partial charge on any atom is 0.119 e. The van der Waals surface area contributed by atoms with Gasteiger partial charge in [0, 0.05) is 25.1 Å². The lowest BCUT2D eigenvalue weighted by molar-refractivity contribution is 0.261. The lowest BCUT2D eigenvalue weighted by atomic mass is 10.2. The van der Waals surface area contributed by atoms with Gasteiger partial charge in [-0.3, -0.25) is 0 Å². The third kappa shape index (κ3) is 6.29. The molecule has 3 heteroatoms. The van der Waals surface area contributed by atoms with E-state index in [-0.39, 0.29) is 0 Å². The normalized spacial score (nSPS) is 10.0. The van der Waals surface area contributed by atoms with Crippen molar-refractivity contribution >= 4 is 0 Å². The first-order chi connectivity index (χ1) is 8.72. The number of ether oxygens (including phenoxy) is 1. The molecule has 1 aromatic carbocycles. The van der Waals surface area contributed by atoms with Crippen LogP contribution in [0.4, 0.5) is 0 Å². The van der Waals surface area contributed by atoms with Crippen molar-refractivity contribution < 1.29 is 4.74 Å². The van der Waals surface area contributed by atoms with Crippen LogP contribution in [0.1, 0.15) is 12.0 Å². The average molecular weight is 246 g/mol. The van der Waals surface area contributed by atoms with E-state index in [1.54, 1.807) is 0 Å². The topological polar surface area (TPSA) is 24.5 Å². The van der Waals surface area contributed by atoms with Gasteiger partial charge in [-0.2, -0.15) is 0 Å². The van der Waals surface area contributed by atoms with Crippen LogP contribution >= 0.6 is 0 Å². The second-order valence-corrected chi connectivity index (χ2v) is 4.33. The second-order valence-electron chi connectivity index (χ2n) is 4.33. The molecule has 0 aliphatic heterocycles. The molecule has 98 valence electrons. The van der Waals surface area contributed by atoms with Crippen LogP contribution in [0.15, 0.2) is 24.3 Å². The van der Waals surface area contributed by atoms with Crippen molar-refractivity contribution in [3.05, 3.63) is 29.8 Å². The van der Waals surface area contributed by atoms with E-state index < -0.39 is 0 Å². The van der Waals surface area contributed by atoms with Gasteiger partial charge in [-0.25, -0.2) is 0 Å². The Morgan fingerprint density at radius 1 is 1.22 bits per heavy atom. The van der Waals surface area contributed by atoms with Crippen molar-refractivity contribution in [3.63, 3.8) is 0 Å². The Labute approximate surface area is 110 Å². The molecule has 0 aliphatic rings. The molecule has 0 spiro atoms. The van der Waals surface area contributed by atoms with Crippen LogP contribution < -0.4 is 10.1 Å². The number of likely N-dealkylation sites (N-methyl/N-ethyl adjacent to an activating group) is 1. The molecule has 0 bridgehead atoms. The maximum atomic E-state index is 5.61. The highest BCUT2D eigenvalue weighted by atomic mass is 16.5. The molecule has 0 atom stereocenters. The summed E-state index contributed by atoms with van der Waals surface area (Å²) < 4.78 is 5.61. The molecule has 0 aliphatic carbocycles. The SMILES string of the molecule is CNCCC#Cc1ccc(OCCN(C)C)cc1. The molecule has 1 rings (SSSR count). The fourth-order valence-electron chi connectivity index (χ4n) is 1.33. The first kappa shape index (κ1) is 14.6. The van der Waals surface area contributed by atoms with Crippen LogP contribution in [0.25, 0.3) is 0 Å². The summed E-state index contributed by atoms with van der Waals surface area (Å²) in [4.78, 5) is 2.10. The van der Waals surface area contributed by atoms with E-state index in [1.165, 1.54) is 0 Å². The van der Waals surface area contributed by atoms with Crippen LogP contribution in [0.5, 0.6) is 5.75 Å². The zero-order chi connectivity index (χ0) is 13.2. The molecule has 1 aromatic rings. The molecule has 0 fully saturated rings. The van der Waals surface area contributed by atoms with Gasteiger partial charge in [0.05, 0.1) is 0 Å². The summed E-state index contributed by atoms with van der Waals surface area (Å²) in [7, 11) is 6.00.